The number of ether oxygens (including phenoxy) is 3. The van der Waals surface area contributed by atoms with Crippen molar-refractivity contribution in [1.29, 1.82) is 0 Å². The van der Waals surface area contributed by atoms with Gasteiger partial charge in [-0.15, -0.1) is 0 Å². The summed E-state index contributed by atoms with van der Waals surface area (Å²) in [4.78, 5) is 35.0. The van der Waals surface area contributed by atoms with Crippen LogP contribution in [0.2, 0.25) is 0 Å². The average molecular weight is 446 g/mol. The molecule has 32 heavy (non-hydrogen) atoms. The second-order valence-electron chi connectivity index (χ2n) is 7.45. The minimum absolute atomic E-state index is 0.0227. The molecule has 174 valence electrons. The number of rotatable bonds is 10. The number of allylic oxidation sites excluding steroid dienone is 3. The van der Waals surface area contributed by atoms with Crippen molar-refractivity contribution in [2.75, 3.05) is 19.8 Å². The molecule has 3 amide bonds. The number of nitrogens with one attached hydrogen (secondary N) is 3. The van der Waals surface area contributed by atoms with E-state index >= 15 is 0 Å². The zero-order chi connectivity index (χ0) is 23.2. The number of amides is 3. The van der Waals surface area contributed by atoms with E-state index in [1.807, 2.05) is 48.6 Å². The van der Waals surface area contributed by atoms with Crippen LogP contribution in [0.25, 0.3) is 0 Å². The van der Waals surface area contributed by atoms with Crippen LogP contribution in [0, 0.1) is 5.92 Å². The first-order valence-electron chi connectivity index (χ1n) is 10.6. The molecule has 1 aromatic carbocycles. The zero-order valence-electron chi connectivity index (χ0n) is 18.5. The molecule has 0 aliphatic heterocycles. The predicted octanol–water partition coefficient (Wildman–Crippen LogP) is 3.41. The lowest BCUT2D eigenvalue weighted by Crippen LogP contribution is -2.32. The van der Waals surface area contributed by atoms with E-state index in [9.17, 15) is 14.4 Å². The minimum atomic E-state index is -0.594. The third-order valence-corrected chi connectivity index (χ3v) is 4.31. The lowest BCUT2D eigenvalue weighted by Gasteiger charge is -2.13. The lowest BCUT2D eigenvalue weighted by molar-refractivity contribution is 0.115. The van der Waals surface area contributed by atoms with Gasteiger partial charge in [-0.05, 0) is 31.4 Å². The molecule has 2 rings (SSSR count). The van der Waals surface area contributed by atoms with Gasteiger partial charge in [-0.1, -0.05) is 48.6 Å². The highest BCUT2D eigenvalue weighted by Gasteiger charge is 2.10. The van der Waals surface area contributed by atoms with Gasteiger partial charge in [-0.3, -0.25) is 0 Å². The summed E-state index contributed by atoms with van der Waals surface area (Å²) in [6.45, 7) is 4.62. The quantitative estimate of drug-likeness (QED) is 0.376. The van der Waals surface area contributed by atoms with E-state index in [0.29, 0.717) is 13.2 Å². The largest absolute Gasteiger partial charge is 0.449 e. The Hall–Kier alpha value is -3.49. The lowest BCUT2D eigenvalue weighted by atomic mass is 10.0. The van der Waals surface area contributed by atoms with E-state index in [-0.39, 0.29) is 31.7 Å². The van der Waals surface area contributed by atoms with Crippen molar-refractivity contribution in [3.05, 3.63) is 59.7 Å². The Morgan fingerprint density at radius 3 is 2.31 bits per heavy atom. The first-order chi connectivity index (χ1) is 15.4. The smallest absolute Gasteiger partial charge is 0.407 e. The van der Waals surface area contributed by atoms with Crippen LogP contribution in [0.3, 0.4) is 0 Å². The second kappa shape index (κ2) is 13.7. The maximum Gasteiger partial charge on any atom is 0.407 e. The third kappa shape index (κ3) is 10.5. The summed E-state index contributed by atoms with van der Waals surface area (Å²) >= 11 is 0. The summed E-state index contributed by atoms with van der Waals surface area (Å²) in [7, 11) is 0. The Morgan fingerprint density at radius 1 is 0.969 bits per heavy atom. The van der Waals surface area contributed by atoms with E-state index in [4.69, 9.17) is 14.2 Å². The molecule has 1 aromatic rings. The summed E-state index contributed by atoms with van der Waals surface area (Å²) in [5.74, 6) is 0.191. The fourth-order valence-electron chi connectivity index (χ4n) is 2.79. The van der Waals surface area contributed by atoms with Crippen LogP contribution >= 0.6 is 0 Å². The van der Waals surface area contributed by atoms with Gasteiger partial charge in [0, 0.05) is 19.0 Å². The molecular formula is C23H31N3O6. The van der Waals surface area contributed by atoms with Gasteiger partial charge in [0.05, 0.1) is 19.3 Å². The molecule has 0 bridgehead atoms. The Kier molecular flexibility index (Phi) is 10.6. The van der Waals surface area contributed by atoms with Crippen LogP contribution in [-0.4, -0.2) is 44.1 Å². The number of benzene rings is 1. The fourth-order valence-corrected chi connectivity index (χ4v) is 2.79. The van der Waals surface area contributed by atoms with Crippen LogP contribution in [0.4, 0.5) is 14.4 Å². The van der Waals surface area contributed by atoms with Crippen molar-refractivity contribution in [2.45, 2.75) is 39.5 Å². The zero-order valence-corrected chi connectivity index (χ0v) is 18.5. The van der Waals surface area contributed by atoms with Crippen LogP contribution < -0.4 is 16.0 Å². The van der Waals surface area contributed by atoms with Crippen molar-refractivity contribution in [2.24, 2.45) is 5.92 Å². The van der Waals surface area contributed by atoms with Gasteiger partial charge >= 0.3 is 18.3 Å². The fraction of sp³-hybridized carbons (Fsp3) is 0.435. The van der Waals surface area contributed by atoms with Gasteiger partial charge in [0.1, 0.15) is 6.61 Å². The van der Waals surface area contributed by atoms with E-state index in [1.165, 1.54) is 0 Å². The highest BCUT2D eigenvalue weighted by Crippen LogP contribution is 2.11. The number of carbonyl (C=O) groups is 3. The molecule has 3 N–H and O–H groups in total. The minimum Gasteiger partial charge on any atom is -0.449 e. The second-order valence-corrected chi connectivity index (χ2v) is 7.45. The Bertz CT molecular complexity index is 822. The van der Waals surface area contributed by atoms with E-state index in [2.05, 4.69) is 16.0 Å². The molecule has 0 heterocycles. The monoisotopic (exact) mass is 445 g/mol. The number of hydrogen-bond acceptors (Lipinski definition) is 6. The van der Waals surface area contributed by atoms with Crippen molar-refractivity contribution >= 4 is 18.3 Å². The van der Waals surface area contributed by atoms with Crippen LogP contribution in [-0.2, 0) is 27.3 Å². The topological polar surface area (TPSA) is 115 Å². The molecule has 9 heteroatoms. The van der Waals surface area contributed by atoms with Gasteiger partial charge < -0.3 is 30.2 Å². The SMILES string of the molecule is CC(C)OC(=O)NCc1cccc(CNC(=O)OCCNC(=O)OCC2C=CC=CC2)c1. The van der Waals surface area contributed by atoms with Crippen molar-refractivity contribution in [1.82, 2.24) is 16.0 Å². The molecule has 0 aromatic heterocycles. The Morgan fingerprint density at radius 2 is 1.66 bits per heavy atom. The van der Waals surface area contributed by atoms with Gasteiger partial charge in [-0.25, -0.2) is 14.4 Å². The molecule has 0 saturated carbocycles. The van der Waals surface area contributed by atoms with E-state index in [0.717, 1.165) is 17.5 Å². The van der Waals surface area contributed by atoms with E-state index in [1.54, 1.807) is 13.8 Å². The van der Waals surface area contributed by atoms with E-state index < -0.39 is 18.3 Å². The molecule has 0 fully saturated rings. The number of carbonyl (C=O) groups excluding carboxylic acids is 3. The standard InChI is InChI=1S/C23H31N3O6/c1-17(2)32-23(29)26-15-20-10-6-9-19(13-20)14-25-22(28)30-12-11-24-21(27)31-16-18-7-4-3-5-8-18/h3-7,9-10,13,17-18H,8,11-12,14-16H2,1-2H3,(H,24,27)(H,25,28)(H,26,29). The van der Waals surface area contributed by atoms with Gasteiger partial charge in [-0.2, -0.15) is 0 Å². The van der Waals surface area contributed by atoms with Crippen LogP contribution in [0.5, 0.6) is 0 Å². The molecule has 9 nitrogen and oxygen atoms in total. The molecule has 0 radical (unpaired) electrons. The molecule has 0 saturated heterocycles. The first-order valence-corrected chi connectivity index (χ1v) is 10.6. The maximum absolute atomic E-state index is 11.8. The highest BCUT2D eigenvalue weighted by molar-refractivity contribution is 5.68. The normalized spacial score (nSPS) is 14.5. The van der Waals surface area contributed by atoms with Gasteiger partial charge in [0.25, 0.3) is 0 Å². The van der Waals surface area contributed by atoms with Crippen molar-refractivity contribution < 1.29 is 28.6 Å². The predicted molar refractivity (Wildman–Crippen MR) is 119 cm³/mol. The number of alkyl carbamates (subject to hydrolysis) is 3. The summed E-state index contributed by atoms with van der Waals surface area (Å²) in [5, 5.41) is 7.85. The molecule has 1 atom stereocenters. The molecule has 1 aliphatic rings. The van der Waals surface area contributed by atoms with Crippen LogP contribution in [0.1, 0.15) is 31.4 Å². The Balaban J connectivity index is 1.57. The van der Waals surface area contributed by atoms with Gasteiger partial charge in [0.15, 0.2) is 0 Å². The van der Waals surface area contributed by atoms with Crippen molar-refractivity contribution in [3.8, 4) is 0 Å². The molecule has 1 aliphatic carbocycles. The number of hydrogen-bond donors (Lipinski definition) is 3. The molecule has 0 spiro atoms. The summed E-state index contributed by atoms with van der Waals surface area (Å²) < 4.78 is 15.2. The third-order valence-electron chi connectivity index (χ3n) is 4.31. The summed E-state index contributed by atoms with van der Waals surface area (Å²) in [5.41, 5.74) is 1.73. The molecular weight excluding hydrogens is 414 g/mol. The van der Waals surface area contributed by atoms with Gasteiger partial charge in [0.2, 0.25) is 0 Å². The van der Waals surface area contributed by atoms with Crippen LogP contribution in [0.15, 0.2) is 48.6 Å². The first kappa shape index (κ1) is 24.8. The van der Waals surface area contributed by atoms with Crippen molar-refractivity contribution in [3.63, 3.8) is 0 Å². The Labute approximate surface area is 188 Å². The summed E-state index contributed by atoms with van der Waals surface area (Å²) in [6.07, 6.45) is 6.95. The molecule has 1 unspecified atom stereocenters. The average Bonchev–Trinajstić information content (AvgIpc) is 2.78. The highest BCUT2D eigenvalue weighted by atomic mass is 16.6. The maximum atomic E-state index is 11.8. The summed E-state index contributed by atoms with van der Waals surface area (Å²) in [6, 6.07) is 7.42.